The van der Waals surface area contributed by atoms with Gasteiger partial charge in [-0.05, 0) is 48.8 Å². The first kappa shape index (κ1) is 16.5. The molecule has 1 fully saturated rings. The summed E-state index contributed by atoms with van der Waals surface area (Å²) < 4.78 is 27.5. The lowest BCUT2D eigenvalue weighted by Crippen LogP contribution is -2.38. The molecular formula is C16H25NO3S. The van der Waals surface area contributed by atoms with E-state index < -0.39 is 10.0 Å². The van der Waals surface area contributed by atoms with Crippen LogP contribution in [0.25, 0.3) is 0 Å². The zero-order valence-electron chi connectivity index (χ0n) is 12.7. The number of aliphatic hydroxyl groups is 1. The maximum Gasteiger partial charge on any atom is 0.240 e. The van der Waals surface area contributed by atoms with Gasteiger partial charge in [0, 0.05) is 12.6 Å². The molecular weight excluding hydrogens is 286 g/mol. The molecule has 0 saturated heterocycles. The Balaban J connectivity index is 2.08. The molecule has 21 heavy (non-hydrogen) atoms. The zero-order chi connectivity index (χ0) is 15.5. The third-order valence-electron chi connectivity index (χ3n) is 4.08. The number of rotatable bonds is 6. The van der Waals surface area contributed by atoms with Crippen LogP contribution in [0.3, 0.4) is 0 Å². The Morgan fingerprint density at radius 3 is 2.48 bits per heavy atom. The van der Waals surface area contributed by atoms with Gasteiger partial charge in [-0.3, -0.25) is 0 Å². The number of sulfonamides is 1. The van der Waals surface area contributed by atoms with Crippen molar-refractivity contribution in [3.63, 3.8) is 0 Å². The number of nitrogens with one attached hydrogen (secondary N) is 1. The van der Waals surface area contributed by atoms with Gasteiger partial charge in [0.25, 0.3) is 0 Å². The highest BCUT2D eigenvalue weighted by molar-refractivity contribution is 7.89. The van der Waals surface area contributed by atoms with E-state index in [1.807, 2.05) is 12.1 Å². The first-order chi connectivity index (χ1) is 9.92. The van der Waals surface area contributed by atoms with Gasteiger partial charge in [0.05, 0.1) is 4.90 Å². The molecule has 0 radical (unpaired) electrons. The van der Waals surface area contributed by atoms with Crippen molar-refractivity contribution in [1.29, 1.82) is 0 Å². The summed E-state index contributed by atoms with van der Waals surface area (Å²) in [6.07, 6.45) is 3.60. The second-order valence-electron chi connectivity index (χ2n) is 6.34. The van der Waals surface area contributed by atoms with E-state index in [-0.39, 0.29) is 18.6 Å². The van der Waals surface area contributed by atoms with E-state index in [0.717, 1.165) is 31.2 Å². The lowest BCUT2D eigenvalue weighted by molar-refractivity contribution is 0.213. The minimum Gasteiger partial charge on any atom is -0.396 e. The van der Waals surface area contributed by atoms with Gasteiger partial charge in [0.1, 0.15) is 0 Å². The standard InChI is InChI=1S/C16H25NO3S/c1-12(2)10-13-6-8-15(9-7-13)21(19,20)17-16-5-3-4-14(16)11-18/h6-9,12,14,16-18H,3-5,10-11H2,1-2H3. The van der Waals surface area contributed by atoms with Crippen LogP contribution in [-0.2, 0) is 16.4 Å². The monoisotopic (exact) mass is 311 g/mol. The normalized spacial score (nSPS) is 22.9. The summed E-state index contributed by atoms with van der Waals surface area (Å²) in [6.45, 7) is 4.32. The molecule has 0 spiro atoms. The van der Waals surface area contributed by atoms with Crippen LogP contribution in [-0.4, -0.2) is 26.2 Å². The predicted octanol–water partition coefficient (Wildman–Crippen LogP) is 2.32. The van der Waals surface area contributed by atoms with E-state index in [1.165, 1.54) is 0 Å². The maximum absolute atomic E-state index is 12.4. The smallest absolute Gasteiger partial charge is 0.240 e. The van der Waals surface area contributed by atoms with Gasteiger partial charge in [0.2, 0.25) is 10.0 Å². The van der Waals surface area contributed by atoms with Gasteiger partial charge >= 0.3 is 0 Å². The SMILES string of the molecule is CC(C)Cc1ccc(S(=O)(=O)NC2CCCC2CO)cc1. The number of aliphatic hydroxyl groups excluding tert-OH is 1. The highest BCUT2D eigenvalue weighted by atomic mass is 32.2. The Hall–Kier alpha value is -0.910. The van der Waals surface area contributed by atoms with Gasteiger partial charge in [-0.25, -0.2) is 13.1 Å². The largest absolute Gasteiger partial charge is 0.396 e. The van der Waals surface area contributed by atoms with Crippen LogP contribution in [0.1, 0.15) is 38.7 Å². The third kappa shape index (κ3) is 4.28. The molecule has 118 valence electrons. The molecule has 4 nitrogen and oxygen atoms in total. The van der Waals surface area contributed by atoms with E-state index in [2.05, 4.69) is 18.6 Å². The molecule has 0 aliphatic heterocycles. The molecule has 2 rings (SSSR count). The van der Waals surface area contributed by atoms with Crippen LogP contribution >= 0.6 is 0 Å². The first-order valence-electron chi connectivity index (χ1n) is 7.64. The zero-order valence-corrected chi connectivity index (χ0v) is 13.6. The Bertz CT molecular complexity index is 551. The van der Waals surface area contributed by atoms with Gasteiger partial charge in [-0.1, -0.05) is 32.4 Å². The fourth-order valence-electron chi connectivity index (χ4n) is 2.95. The molecule has 1 aliphatic rings. The average molecular weight is 311 g/mol. The van der Waals surface area contributed by atoms with Crippen LogP contribution in [0, 0.1) is 11.8 Å². The lowest BCUT2D eigenvalue weighted by Gasteiger charge is -2.19. The van der Waals surface area contributed by atoms with E-state index in [0.29, 0.717) is 10.8 Å². The van der Waals surface area contributed by atoms with Crippen molar-refractivity contribution in [3.05, 3.63) is 29.8 Å². The molecule has 0 heterocycles. The van der Waals surface area contributed by atoms with E-state index in [9.17, 15) is 13.5 Å². The summed E-state index contributed by atoms with van der Waals surface area (Å²) in [5.74, 6) is 0.592. The maximum atomic E-state index is 12.4. The van der Waals surface area contributed by atoms with E-state index >= 15 is 0 Å². The van der Waals surface area contributed by atoms with Gasteiger partial charge < -0.3 is 5.11 Å². The Morgan fingerprint density at radius 1 is 1.24 bits per heavy atom. The molecule has 5 heteroatoms. The van der Waals surface area contributed by atoms with Crippen molar-refractivity contribution < 1.29 is 13.5 Å². The Labute approximate surface area is 127 Å². The van der Waals surface area contributed by atoms with Crippen molar-refractivity contribution in [2.45, 2.75) is 50.5 Å². The molecule has 1 aromatic carbocycles. The fraction of sp³-hybridized carbons (Fsp3) is 0.625. The molecule has 0 amide bonds. The average Bonchev–Trinajstić information content (AvgIpc) is 2.85. The van der Waals surface area contributed by atoms with Crippen molar-refractivity contribution >= 4 is 10.0 Å². The van der Waals surface area contributed by atoms with Crippen molar-refractivity contribution in [1.82, 2.24) is 4.72 Å². The van der Waals surface area contributed by atoms with Crippen LogP contribution in [0.2, 0.25) is 0 Å². The van der Waals surface area contributed by atoms with Crippen molar-refractivity contribution in [3.8, 4) is 0 Å². The first-order valence-corrected chi connectivity index (χ1v) is 9.13. The molecule has 0 bridgehead atoms. The minimum absolute atomic E-state index is 0.0417. The summed E-state index contributed by atoms with van der Waals surface area (Å²) >= 11 is 0. The van der Waals surface area contributed by atoms with Crippen LogP contribution in [0.5, 0.6) is 0 Å². The van der Waals surface area contributed by atoms with Crippen molar-refractivity contribution in [2.75, 3.05) is 6.61 Å². The minimum atomic E-state index is -3.49. The third-order valence-corrected chi connectivity index (χ3v) is 5.58. The molecule has 2 unspecified atom stereocenters. The summed E-state index contributed by atoms with van der Waals surface area (Å²) in [5.41, 5.74) is 1.15. The molecule has 2 atom stereocenters. The highest BCUT2D eigenvalue weighted by Crippen LogP contribution is 2.26. The summed E-state index contributed by atoms with van der Waals surface area (Å²) in [4.78, 5) is 0.304. The Kier molecular flexibility index (Phi) is 5.41. The Morgan fingerprint density at radius 2 is 1.90 bits per heavy atom. The van der Waals surface area contributed by atoms with E-state index in [4.69, 9.17) is 0 Å². The number of hydrogen-bond donors (Lipinski definition) is 2. The second kappa shape index (κ2) is 6.90. The molecule has 2 N–H and O–H groups in total. The molecule has 1 saturated carbocycles. The van der Waals surface area contributed by atoms with Crippen molar-refractivity contribution in [2.24, 2.45) is 11.8 Å². The van der Waals surface area contributed by atoms with Gasteiger partial charge in [0.15, 0.2) is 0 Å². The van der Waals surface area contributed by atoms with Crippen LogP contribution in [0.15, 0.2) is 29.2 Å². The van der Waals surface area contributed by atoms with Crippen LogP contribution < -0.4 is 4.72 Å². The molecule has 1 aromatic rings. The topological polar surface area (TPSA) is 66.4 Å². The van der Waals surface area contributed by atoms with Crippen LogP contribution in [0.4, 0.5) is 0 Å². The predicted molar refractivity (Wildman–Crippen MR) is 83.5 cm³/mol. The summed E-state index contributed by atoms with van der Waals surface area (Å²) in [7, 11) is -3.49. The molecule has 1 aliphatic carbocycles. The quantitative estimate of drug-likeness (QED) is 0.847. The van der Waals surface area contributed by atoms with Gasteiger partial charge in [-0.2, -0.15) is 0 Å². The van der Waals surface area contributed by atoms with E-state index in [1.54, 1.807) is 12.1 Å². The highest BCUT2D eigenvalue weighted by Gasteiger charge is 2.30. The fourth-order valence-corrected chi connectivity index (χ4v) is 4.29. The van der Waals surface area contributed by atoms with Gasteiger partial charge in [-0.15, -0.1) is 0 Å². The lowest BCUT2D eigenvalue weighted by atomic mass is 10.0. The molecule has 0 aromatic heterocycles. The number of benzene rings is 1. The summed E-state index contributed by atoms with van der Waals surface area (Å²) in [6, 6.07) is 6.96. The number of hydrogen-bond acceptors (Lipinski definition) is 3. The second-order valence-corrected chi connectivity index (χ2v) is 8.06. The summed E-state index contributed by atoms with van der Waals surface area (Å²) in [5, 5.41) is 9.29.